The van der Waals surface area contributed by atoms with E-state index in [1.54, 1.807) is 0 Å². The Morgan fingerprint density at radius 3 is 2.67 bits per heavy atom. The van der Waals surface area contributed by atoms with Gasteiger partial charge in [-0.3, -0.25) is 9.69 Å². The number of nitrogens with zero attached hydrogens (tertiary/aromatic N) is 1. The lowest BCUT2D eigenvalue weighted by atomic mass is 10.2. The minimum absolute atomic E-state index is 0.114. The molecule has 0 aromatic rings. The van der Waals surface area contributed by atoms with Gasteiger partial charge < -0.3 is 9.47 Å². The van der Waals surface area contributed by atoms with Gasteiger partial charge in [-0.1, -0.05) is 0 Å². The van der Waals surface area contributed by atoms with Gasteiger partial charge in [0.15, 0.2) is 0 Å². The minimum atomic E-state index is -0.163. The molecule has 0 aromatic carbocycles. The highest BCUT2D eigenvalue weighted by Crippen LogP contribution is 2.19. The van der Waals surface area contributed by atoms with Crippen LogP contribution < -0.4 is 0 Å². The number of esters is 1. The fraction of sp³-hybridized carbons (Fsp3) is 0.909. The molecule has 0 spiro atoms. The topological polar surface area (TPSA) is 38.8 Å². The summed E-state index contributed by atoms with van der Waals surface area (Å²) in [7, 11) is 1.43. The third-order valence-corrected chi connectivity index (χ3v) is 2.50. The average molecular weight is 215 g/mol. The zero-order valence-corrected chi connectivity index (χ0v) is 10.1. The van der Waals surface area contributed by atoms with Crippen molar-refractivity contribution in [3.05, 3.63) is 0 Å². The Labute approximate surface area is 91.5 Å². The smallest absolute Gasteiger partial charge is 0.323 e. The Balaban J connectivity index is 2.43. The molecule has 0 amide bonds. The quantitative estimate of drug-likeness (QED) is 0.667. The van der Waals surface area contributed by atoms with E-state index in [4.69, 9.17) is 9.47 Å². The highest BCUT2D eigenvalue weighted by Gasteiger charge is 2.32. The summed E-state index contributed by atoms with van der Waals surface area (Å²) >= 11 is 0. The number of likely N-dealkylation sites (tertiary alicyclic amines) is 1. The minimum Gasteiger partial charge on any atom is -0.468 e. The van der Waals surface area contributed by atoms with Crippen molar-refractivity contribution in [3.8, 4) is 0 Å². The molecule has 4 heteroatoms. The van der Waals surface area contributed by atoms with Crippen molar-refractivity contribution >= 4 is 5.97 Å². The molecule has 1 fully saturated rings. The Morgan fingerprint density at radius 1 is 1.47 bits per heavy atom. The molecule has 0 aliphatic carbocycles. The van der Waals surface area contributed by atoms with Crippen LogP contribution in [-0.4, -0.2) is 42.9 Å². The number of methoxy groups -OCH3 is 1. The second kappa shape index (κ2) is 4.94. The lowest BCUT2D eigenvalue weighted by molar-refractivity contribution is -0.150. The number of hydrogen-bond acceptors (Lipinski definition) is 4. The van der Waals surface area contributed by atoms with Gasteiger partial charge in [-0.15, -0.1) is 0 Å². The van der Waals surface area contributed by atoms with Crippen molar-refractivity contribution in [2.75, 3.05) is 20.4 Å². The van der Waals surface area contributed by atoms with Gasteiger partial charge in [-0.05, 0) is 33.6 Å². The molecule has 1 atom stereocenters. The third-order valence-electron chi connectivity index (χ3n) is 2.50. The maximum Gasteiger partial charge on any atom is 0.323 e. The first-order chi connectivity index (χ1) is 6.94. The molecule has 1 saturated heterocycles. The Kier molecular flexibility index (Phi) is 4.11. The number of carbonyl (C=O) groups is 1. The summed E-state index contributed by atoms with van der Waals surface area (Å²) in [5, 5.41) is 0. The maximum absolute atomic E-state index is 11.4. The zero-order valence-electron chi connectivity index (χ0n) is 10.1. The summed E-state index contributed by atoms with van der Waals surface area (Å²) in [6.45, 7) is 7.45. The van der Waals surface area contributed by atoms with Crippen LogP contribution >= 0.6 is 0 Å². The number of hydrogen-bond donors (Lipinski definition) is 0. The highest BCUT2D eigenvalue weighted by atomic mass is 16.5. The molecule has 0 bridgehead atoms. The molecule has 88 valence electrons. The van der Waals surface area contributed by atoms with Crippen LogP contribution in [0.15, 0.2) is 0 Å². The van der Waals surface area contributed by atoms with Gasteiger partial charge >= 0.3 is 5.97 Å². The molecule has 1 aliphatic rings. The molecular weight excluding hydrogens is 194 g/mol. The molecule has 1 rings (SSSR count). The molecule has 4 nitrogen and oxygen atoms in total. The number of ether oxygens (including phenoxy) is 2. The van der Waals surface area contributed by atoms with Crippen LogP contribution in [0.3, 0.4) is 0 Å². The average Bonchev–Trinajstić information content (AvgIpc) is 2.60. The van der Waals surface area contributed by atoms with Crippen LogP contribution in [0, 0.1) is 0 Å². The summed E-state index contributed by atoms with van der Waals surface area (Å²) in [6, 6.07) is -0.114. The fourth-order valence-corrected chi connectivity index (χ4v) is 1.66. The summed E-state index contributed by atoms with van der Waals surface area (Å²) in [5.41, 5.74) is -0.163. The van der Waals surface area contributed by atoms with Gasteiger partial charge in [0.2, 0.25) is 0 Å². The van der Waals surface area contributed by atoms with E-state index < -0.39 is 0 Å². The lowest BCUT2D eigenvalue weighted by Crippen LogP contribution is -2.40. The summed E-state index contributed by atoms with van der Waals surface area (Å²) < 4.78 is 10.4. The normalized spacial score (nSPS) is 23.1. The van der Waals surface area contributed by atoms with E-state index in [1.165, 1.54) is 7.11 Å². The summed E-state index contributed by atoms with van der Waals surface area (Å²) in [6.07, 6.45) is 1.91. The van der Waals surface area contributed by atoms with E-state index >= 15 is 0 Å². The van der Waals surface area contributed by atoms with Gasteiger partial charge in [0.05, 0.1) is 12.7 Å². The van der Waals surface area contributed by atoms with Crippen molar-refractivity contribution in [1.82, 2.24) is 4.90 Å². The fourth-order valence-electron chi connectivity index (χ4n) is 1.66. The zero-order chi connectivity index (χ0) is 11.5. The van der Waals surface area contributed by atoms with Crippen LogP contribution in [0.5, 0.6) is 0 Å². The molecular formula is C11H21NO3. The maximum atomic E-state index is 11.4. The van der Waals surface area contributed by atoms with E-state index in [0.29, 0.717) is 6.73 Å². The van der Waals surface area contributed by atoms with E-state index in [2.05, 4.69) is 0 Å². The van der Waals surface area contributed by atoms with E-state index in [-0.39, 0.29) is 17.6 Å². The van der Waals surface area contributed by atoms with Crippen molar-refractivity contribution in [2.45, 2.75) is 45.3 Å². The molecule has 1 aliphatic heterocycles. The lowest BCUT2D eigenvalue weighted by Gasteiger charge is -2.27. The van der Waals surface area contributed by atoms with E-state index in [0.717, 1.165) is 19.4 Å². The second-order valence-corrected chi connectivity index (χ2v) is 4.88. The van der Waals surface area contributed by atoms with Gasteiger partial charge in [0.25, 0.3) is 0 Å². The summed E-state index contributed by atoms with van der Waals surface area (Å²) in [5.74, 6) is -0.148. The van der Waals surface area contributed by atoms with Crippen molar-refractivity contribution in [3.63, 3.8) is 0 Å². The predicted octanol–water partition coefficient (Wildman–Crippen LogP) is 1.40. The van der Waals surface area contributed by atoms with Gasteiger partial charge in [-0.2, -0.15) is 0 Å². The first-order valence-corrected chi connectivity index (χ1v) is 5.40. The molecule has 1 heterocycles. The molecule has 15 heavy (non-hydrogen) atoms. The SMILES string of the molecule is COC(=O)C1CCCN1COC(C)(C)C. The van der Waals surface area contributed by atoms with Crippen molar-refractivity contribution < 1.29 is 14.3 Å². The van der Waals surface area contributed by atoms with Crippen LogP contribution in [0.2, 0.25) is 0 Å². The van der Waals surface area contributed by atoms with Crippen molar-refractivity contribution in [1.29, 1.82) is 0 Å². The molecule has 0 N–H and O–H groups in total. The monoisotopic (exact) mass is 215 g/mol. The van der Waals surface area contributed by atoms with Crippen molar-refractivity contribution in [2.24, 2.45) is 0 Å². The predicted molar refractivity (Wildman–Crippen MR) is 57.4 cm³/mol. The first kappa shape index (κ1) is 12.5. The molecule has 0 aromatic heterocycles. The standard InChI is InChI=1S/C11H21NO3/c1-11(2,3)15-8-12-7-5-6-9(12)10(13)14-4/h9H,5-8H2,1-4H3. The second-order valence-electron chi connectivity index (χ2n) is 4.88. The summed E-state index contributed by atoms with van der Waals surface area (Å²) in [4.78, 5) is 13.5. The van der Waals surface area contributed by atoms with Crippen LogP contribution in [0.25, 0.3) is 0 Å². The van der Waals surface area contributed by atoms with Gasteiger partial charge in [-0.25, -0.2) is 0 Å². The van der Waals surface area contributed by atoms with Crippen LogP contribution in [0.1, 0.15) is 33.6 Å². The van der Waals surface area contributed by atoms with Crippen LogP contribution in [-0.2, 0) is 14.3 Å². The molecule has 0 saturated carbocycles. The highest BCUT2D eigenvalue weighted by molar-refractivity contribution is 5.75. The Bertz CT molecular complexity index is 222. The molecule has 0 radical (unpaired) electrons. The van der Waals surface area contributed by atoms with Crippen LogP contribution in [0.4, 0.5) is 0 Å². The number of carbonyl (C=O) groups excluding carboxylic acids is 1. The largest absolute Gasteiger partial charge is 0.468 e. The molecule has 1 unspecified atom stereocenters. The van der Waals surface area contributed by atoms with E-state index in [9.17, 15) is 4.79 Å². The Morgan fingerprint density at radius 2 is 2.13 bits per heavy atom. The van der Waals surface area contributed by atoms with Gasteiger partial charge in [0.1, 0.15) is 12.8 Å². The first-order valence-electron chi connectivity index (χ1n) is 5.40. The number of rotatable bonds is 3. The Hall–Kier alpha value is -0.610. The van der Waals surface area contributed by atoms with E-state index in [1.807, 2.05) is 25.7 Å². The van der Waals surface area contributed by atoms with Gasteiger partial charge in [0, 0.05) is 6.54 Å². The third kappa shape index (κ3) is 3.80.